The Morgan fingerprint density at radius 2 is 2.16 bits per heavy atom. The molecule has 0 saturated heterocycles. The summed E-state index contributed by atoms with van der Waals surface area (Å²) in [5.41, 5.74) is -0.142. The largest absolute Gasteiger partial charge is 0.476 e. The first kappa shape index (κ1) is 14.1. The van der Waals surface area contributed by atoms with Crippen molar-refractivity contribution in [1.29, 1.82) is 0 Å². The summed E-state index contributed by atoms with van der Waals surface area (Å²) in [5.74, 6) is 0.114. The fourth-order valence-electron chi connectivity index (χ4n) is 2.55. The van der Waals surface area contributed by atoms with Gasteiger partial charge in [0.05, 0.1) is 5.02 Å². The molecule has 1 saturated carbocycles. The number of pyridine rings is 1. The number of nitrogens with zero attached hydrogens (tertiary/aromatic N) is 1. The predicted molar refractivity (Wildman–Crippen MR) is 72.6 cm³/mol. The second-order valence-corrected chi connectivity index (χ2v) is 5.25. The van der Waals surface area contributed by atoms with Crippen LogP contribution in [0.5, 0.6) is 0 Å². The maximum Gasteiger partial charge on any atom is 0.356 e. The third-order valence-corrected chi connectivity index (χ3v) is 3.95. The van der Waals surface area contributed by atoms with E-state index in [4.69, 9.17) is 16.7 Å². The Hall–Kier alpha value is -1.33. The van der Waals surface area contributed by atoms with E-state index in [9.17, 15) is 9.90 Å². The van der Waals surface area contributed by atoms with Gasteiger partial charge < -0.3 is 15.5 Å². The lowest BCUT2D eigenvalue weighted by Gasteiger charge is -2.18. The number of rotatable bonds is 5. The number of halogens is 1. The molecule has 2 atom stereocenters. The van der Waals surface area contributed by atoms with Crippen LogP contribution in [-0.2, 0) is 0 Å². The van der Waals surface area contributed by atoms with Crippen molar-refractivity contribution >= 4 is 23.4 Å². The Balaban J connectivity index is 2.00. The number of aliphatic hydroxyl groups excluding tert-OH is 1. The standard InChI is InChI=1S/C13H17ClN2O3/c14-10-4-5-11(16-12(10)13(18)19)15-6-8-2-1-3-9(8)7-17/h4-5,8-9,17H,1-3,6-7H2,(H,15,16)(H,18,19). The molecule has 0 aromatic carbocycles. The number of aromatic carboxylic acids is 1. The average Bonchev–Trinajstić information content (AvgIpc) is 2.84. The molecule has 2 unspecified atom stereocenters. The lowest BCUT2D eigenvalue weighted by Crippen LogP contribution is -2.21. The smallest absolute Gasteiger partial charge is 0.356 e. The zero-order valence-electron chi connectivity index (χ0n) is 10.5. The fourth-order valence-corrected chi connectivity index (χ4v) is 2.74. The molecule has 1 fully saturated rings. The molecule has 0 amide bonds. The minimum Gasteiger partial charge on any atom is -0.476 e. The molecule has 5 nitrogen and oxygen atoms in total. The molecule has 0 spiro atoms. The average molecular weight is 285 g/mol. The summed E-state index contributed by atoms with van der Waals surface area (Å²) in [7, 11) is 0. The van der Waals surface area contributed by atoms with Gasteiger partial charge in [0.2, 0.25) is 0 Å². The summed E-state index contributed by atoms with van der Waals surface area (Å²) in [5, 5.41) is 21.5. The molecule has 1 aliphatic carbocycles. The van der Waals surface area contributed by atoms with E-state index in [1.807, 2.05) is 0 Å². The zero-order chi connectivity index (χ0) is 13.8. The van der Waals surface area contributed by atoms with E-state index in [0.717, 1.165) is 19.3 Å². The normalized spacial score (nSPS) is 22.4. The molecule has 1 aromatic rings. The minimum atomic E-state index is -1.14. The number of aromatic nitrogens is 1. The fraction of sp³-hybridized carbons (Fsp3) is 0.538. The van der Waals surface area contributed by atoms with Crippen LogP contribution in [0.25, 0.3) is 0 Å². The van der Waals surface area contributed by atoms with Crippen LogP contribution in [0, 0.1) is 11.8 Å². The van der Waals surface area contributed by atoms with Crippen molar-refractivity contribution < 1.29 is 15.0 Å². The summed E-state index contributed by atoms with van der Waals surface area (Å²) < 4.78 is 0. The highest BCUT2D eigenvalue weighted by Gasteiger charge is 2.26. The van der Waals surface area contributed by atoms with Gasteiger partial charge in [0.15, 0.2) is 5.69 Å². The van der Waals surface area contributed by atoms with Gasteiger partial charge in [0.1, 0.15) is 5.82 Å². The van der Waals surface area contributed by atoms with Crippen molar-refractivity contribution in [3.05, 3.63) is 22.8 Å². The van der Waals surface area contributed by atoms with Gasteiger partial charge >= 0.3 is 5.97 Å². The molecule has 2 rings (SSSR count). The van der Waals surface area contributed by atoms with E-state index in [0.29, 0.717) is 24.2 Å². The van der Waals surface area contributed by atoms with Crippen LogP contribution in [0.15, 0.2) is 12.1 Å². The van der Waals surface area contributed by atoms with Gasteiger partial charge in [0.25, 0.3) is 0 Å². The van der Waals surface area contributed by atoms with Gasteiger partial charge in [-0.1, -0.05) is 18.0 Å². The van der Waals surface area contributed by atoms with Crippen molar-refractivity contribution in [1.82, 2.24) is 4.98 Å². The molecule has 0 radical (unpaired) electrons. The first-order valence-electron chi connectivity index (χ1n) is 6.36. The third kappa shape index (κ3) is 3.36. The highest BCUT2D eigenvalue weighted by Crippen LogP contribution is 2.31. The predicted octanol–water partition coefficient (Wildman–Crippen LogP) is 2.25. The van der Waals surface area contributed by atoms with Crippen LogP contribution < -0.4 is 5.32 Å². The summed E-state index contributed by atoms with van der Waals surface area (Å²) in [4.78, 5) is 14.9. The SMILES string of the molecule is O=C(O)c1nc(NCC2CCCC2CO)ccc1Cl. The topological polar surface area (TPSA) is 82.5 Å². The number of carbonyl (C=O) groups is 1. The molecule has 104 valence electrons. The minimum absolute atomic E-state index is 0.132. The first-order valence-corrected chi connectivity index (χ1v) is 6.74. The van der Waals surface area contributed by atoms with E-state index in [1.54, 1.807) is 6.07 Å². The van der Waals surface area contributed by atoms with Crippen molar-refractivity contribution in [3.8, 4) is 0 Å². The third-order valence-electron chi connectivity index (χ3n) is 3.64. The summed E-state index contributed by atoms with van der Waals surface area (Å²) in [6, 6.07) is 3.19. The molecule has 1 heterocycles. The highest BCUT2D eigenvalue weighted by atomic mass is 35.5. The quantitative estimate of drug-likeness (QED) is 0.772. The highest BCUT2D eigenvalue weighted by molar-refractivity contribution is 6.33. The van der Waals surface area contributed by atoms with Crippen LogP contribution in [-0.4, -0.2) is 34.3 Å². The number of anilines is 1. The molecular formula is C13H17ClN2O3. The van der Waals surface area contributed by atoms with Crippen molar-refractivity contribution in [2.75, 3.05) is 18.5 Å². The number of carboxylic acid groups (broad SMARTS) is 1. The second-order valence-electron chi connectivity index (χ2n) is 4.85. The van der Waals surface area contributed by atoms with Crippen molar-refractivity contribution in [2.45, 2.75) is 19.3 Å². The van der Waals surface area contributed by atoms with E-state index >= 15 is 0 Å². The van der Waals surface area contributed by atoms with Gasteiger partial charge in [-0.25, -0.2) is 9.78 Å². The van der Waals surface area contributed by atoms with Gasteiger partial charge in [-0.3, -0.25) is 0 Å². The van der Waals surface area contributed by atoms with Gasteiger partial charge in [-0.2, -0.15) is 0 Å². The maximum absolute atomic E-state index is 10.9. The van der Waals surface area contributed by atoms with E-state index in [1.165, 1.54) is 6.07 Å². The second kappa shape index (κ2) is 6.21. The first-order chi connectivity index (χ1) is 9.11. The lowest BCUT2D eigenvalue weighted by molar-refractivity contribution is 0.0691. The van der Waals surface area contributed by atoms with Crippen molar-refractivity contribution in [2.24, 2.45) is 11.8 Å². The van der Waals surface area contributed by atoms with Gasteiger partial charge in [0, 0.05) is 13.2 Å². The number of hydrogen-bond acceptors (Lipinski definition) is 4. The summed E-state index contributed by atoms with van der Waals surface area (Å²) in [6.07, 6.45) is 3.26. The Labute approximate surface area is 116 Å². The number of hydrogen-bond donors (Lipinski definition) is 3. The summed E-state index contributed by atoms with van der Waals surface area (Å²) in [6.45, 7) is 0.902. The molecule has 3 N–H and O–H groups in total. The van der Waals surface area contributed by atoms with E-state index < -0.39 is 5.97 Å². The zero-order valence-corrected chi connectivity index (χ0v) is 11.2. The van der Waals surface area contributed by atoms with Crippen LogP contribution >= 0.6 is 11.6 Å². The van der Waals surface area contributed by atoms with Gasteiger partial charge in [-0.15, -0.1) is 0 Å². The Morgan fingerprint density at radius 1 is 1.42 bits per heavy atom. The molecule has 6 heteroatoms. The number of nitrogens with one attached hydrogen (secondary N) is 1. The maximum atomic E-state index is 10.9. The molecule has 1 aromatic heterocycles. The number of carboxylic acids is 1. The lowest BCUT2D eigenvalue weighted by atomic mass is 9.97. The Bertz CT molecular complexity index is 467. The monoisotopic (exact) mass is 284 g/mol. The molecular weight excluding hydrogens is 268 g/mol. The molecule has 0 aliphatic heterocycles. The van der Waals surface area contributed by atoms with Crippen LogP contribution in [0.4, 0.5) is 5.82 Å². The molecule has 0 bridgehead atoms. The summed E-state index contributed by atoms with van der Waals surface area (Å²) >= 11 is 5.76. The van der Waals surface area contributed by atoms with Gasteiger partial charge in [-0.05, 0) is 36.8 Å². The van der Waals surface area contributed by atoms with E-state index in [2.05, 4.69) is 10.3 Å². The molecule has 19 heavy (non-hydrogen) atoms. The van der Waals surface area contributed by atoms with Crippen LogP contribution in [0.3, 0.4) is 0 Å². The van der Waals surface area contributed by atoms with Crippen LogP contribution in [0.2, 0.25) is 5.02 Å². The Kier molecular flexibility index (Phi) is 4.61. The van der Waals surface area contributed by atoms with E-state index in [-0.39, 0.29) is 17.3 Å². The molecule has 1 aliphatic rings. The number of aliphatic hydroxyl groups is 1. The van der Waals surface area contributed by atoms with Crippen LogP contribution in [0.1, 0.15) is 29.8 Å². The van der Waals surface area contributed by atoms with Crippen molar-refractivity contribution in [3.63, 3.8) is 0 Å². The Morgan fingerprint density at radius 3 is 2.84 bits per heavy atom.